The van der Waals surface area contributed by atoms with Gasteiger partial charge in [-0.05, 0) is 86.6 Å². The molecule has 0 radical (unpaired) electrons. The van der Waals surface area contributed by atoms with E-state index in [0.717, 1.165) is 37.0 Å². The lowest BCUT2D eigenvalue weighted by Crippen LogP contribution is -2.51. The molecule has 188 valence electrons. The van der Waals surface area contributed by atoms with Gasteiger partial charge in [-0.3, -0.25) is 4.79 Å². The van der Waals surface area contributed by atoms with Crippen LogP contribution in [0.15, 0.2) is 48.5 Å². The maximum absolute atomic E-state index is 13.4. The standard InChI is InChI=1S/C29H28N4O4/c30-15-21-4-1-2-7-23(21)26-32-24(16-37-29-12-17-8-18(13-29)10-19(9-17)14-29)25(33-26)27(34)31-22-6-3-5-20(11-22)28(35)36/h1-7,11,17-19H,8-10,12-14,16H2,(H,31,34)(H,32,33)(H,35,36). The van der Waals surface area contributed by atoms with E-state index in [4.69, 9.17) is 4.74 Å². The molecular formula is C29H28N4O4. The zero-order valence-corrected chi connectivity index (χ0v) is 20.4. The van der Waals surface area contributed by atoms with E-state index in [9.17, 15) is 20.0 Å². The van der Waals surface area contributed by atoms with Crippen LogP contribution in [0.1, 0.15) is 70.6 Å². The molecule has 4 fully saturated rings. The van der Waals surface area contributed by atoms with Crippen LogP contribution < -0.4 is 5.32 Å². The quantitative estimate of drug-likeness (QED) is 0.403. The largest absolute Gasteiger partial charge is 0.478 e. The highest BCUT2D eigenvalue weighted by Gasteiger charge is 2.51. The van der Waals surface area contributed by atoms with Crippen LogP contribution in [0.5, 0.6) is 0 Å². The Bertz CT molecular complexity index is 1380. The van der Waals surface area contributed by atoms with Gasteiger partial charge in [-0.2, -0.15) is 5.26 Å². The van der Waals surface area contributed by atoms with Gasteiger partial charge in [0.15, 0.2) is 5.69 Å². The van der Waals surface area contributed by atoms with Crippen molar-refractivity contribution in [3.63, 3.8) is 0 Å². The van der Waals surface area contributed by atoms with Crippen LogP contribution in [0.25, 0.3) is 11.4 Å². The molecular weight excluding hydrogens is 468 g/mol. The van der Waals surface area contributed by atoms with Crippen molar-refractivity contribution >= 4 is 17.6 Å². The third kappa shape index (κ3) is 4.51. The second-order valence-electron chi connectivity index (χ2n) is 10.8. The molecule has 1 amide bonds. The number of aromatic amines is 1. The number of rotatable bonds is 7. The van der Waals surface area contributed by atoms with Crippen LogP contribution in [0.2, 0.25) is 0 Å². The lowest BCUT2D eigenvalue weighted by atomic mass is 9.54. The molecule has 1 aromatic heterocycles. The summed E-state index contributed by atoms with van der Waals surface area (Å²) in [6, 6.07) is 15.4. The van der Waals surface area contributed by atoms with Crippen LogP contribution in [-0.2, 0) is 11.3 Å². The Hall–Kier alpha value is -3.96. The van der Waals surface area contributed by atoms with E-state index in [1.165, 1.54) is 31.4 Å². The number of nitriles is 1. The first-order chi connectivity index (χ1) is 17.9. The summed E-state index contributed by atoms with van der Waals surface area (Å²) in [5, 5.41) is 21.7. The summed E-state index contributed by atoms with van der Waals surface area (Å²) < 4.78 is 6.63. The van der Waals surface area contributed by atoms with Gasteiger partial charge in [-0.15, -0.1) is 0 Å². The van der Waals surface area contributed by atoms with Crippen molar-refractivity contribution in [1.29, 1.82) is 5.26 Å². The molecule has 3 N–H and O–H groups in total. The predicted octanol–water partition coefficient (Wildman–Crippen LogP) is 5.38. The van der Waals surface area contributed by atoms with Gasteiger partial charge in [0.25, 0.3) is 5.91 Å². The summed E-state index contributed by atoms with van der Waals surface area (Å²) in [6.07, 6.45) is 7.14. The fourth-order valence-corrected chi connectivity index (χ4v) is 6.97. The molecule has 1 heterocycles. The van der Waals surface area contributed by atoms with Crippen LogP contribution in [0, 0.1) is 29.1 Å². The second-order valence-corrected chi connectivity index (χ2v) is 10.8. The fraction of sp³-hybridized carbons (Fsp3) is 0.379. The molecule has 4 aliphatic rings. The number of carbonyl (C=O) groups is 2. The van der Waals surface area contributed by atoms with Gasteiger partial charge in [0.1, 0.15) is 5.82 Å². The van der Waals surface area contributed by atoms with Gasteiger partial charge < -0.3 is 20.1 Å². The summed E-state index contributed by atoms with van der Waals surface area (Å²) in [7, 11) is 0. The van der Waals surface area contributed by atoms with Crippen LogP contribution in [0.3, 0.4) is 0 Å². The average molecular weight is 497 g/mol. The molecule has 0 unspecified atom stereocenters. The number of nitrogens with zero attached hydrogens (tertiary/aromatic N) is 2. The van der Waals surface area contributed by atoms with E-state index in [-0.39, 0.29) is 23.5 Å². The van der Waals surface area contributed by atoms with E-state index in [0.29, 0.717) is 28.3 Å². The highest BCUT2D eigenvalue weighted by atomic mass is 16.5. The van der Waals surface area contributed by atoms with Gasteiger partial charge in [0.2, 0.25) is 0 Å². The van der Waals surface area contributed by atoms with Crippen molar-refractivity contribution in [2.75, 3.05) is 5.32 Å². The fourth-order valence-electron chi connectivity index (χ4n) is 6.97. The monoisotopic (exact) mass is 496 g/mol. The highest BCUT2D eigenvalue weighted by Crippen LogP contribution is 2.57. The van der Waals surface area contributed by atoms with Crippen molar-refractivity contribution in [3.05, 3.63) is 71.0 Å². The van der Waals surface area contributed by atoms with Crippen molar-refractivity contribution in [2.24, 2.45) is 17.8 Å². The van der Waals surface area contributed by atoms with Crippen molar-refractivity contribution in [2.45, 2.75) is 50.7 Å². The topological polar surface area (TPSA) is 128 Å². The summed E-state index contributed by atoms with van der Waals surface area (Å²) in [5.74, 6) is 1.08. The Kier molecular flexibility index (Phi) is 5.81. The Morgan fingerprint density at radius 3 is 2.46 bits per heavy atom. The minimum Gasteiger partial charge on any atom is -0.478 e. The molecule has 8 nitrogen and oxygen atoms in total. The average Bonchev–Trinajstić information content (AvgIpc) is 3.31. The third-order valence-corrected chi connectivity index (χ3v) is 8.17. The number of imidazole rings is 1. The lowest BCUT2D eigenvalue weighted by molar-refractivity contribution is -0.169. The molecule has 0 atom stereocenters. The van der Waals surface area contributed by atoms with Crippen LogP contribution >= 0.6 is 0 Å². The maximum Gasteiger partial charge on any atom is 0.335 e. The Morgan fingerprint density at radius 1 is 1.08 bits per heavy atom. The predicted molar refractivity (Wildman–Crippen MR) is 136 cm³/mol. The molecule has 4 saturated carbocycles. The number of H-pyrrole nitrogens is 1. The molecule has 0 aliphatic heterocycles. The number of amides is 1. The number of nitrogens with one attached hydrogen (secondary N) is 2. The number of carboxylic acids is 1. The Balaban J connectivity index is 1.30. The van der Waals surface area contributed by atoms with E-state index in [1.54, 1.807) is 30.3 Å². The van der Waals surface area contributed by atoms with Crippen molar-refractivity contribution < 1.29 is 19.4 Å². The molecule has 0 saturated heterocycles. The SMILES string of the molecule is N#Cc1ccccc1-c1nc(C(=O)Nc2cccc(C(=O)O)c2)c(COC23CC4CC(CC(C4)C2)C3)[nH]1. The van der Waals surface area contributed by atoms with Gasteiger partial charge in [-0.1, -0.05) is 18.2 Å². The van der Waals surface area contributed by atoms with Gasteiger partial charge in [-0.25, -0.2) is 9.78 Å². The maximum atomic E-state index is 13.4. The van der Waals surface area contributed by atoms with Crippen molar-refractivity contribution in [1.82, 2.24) is 9.97 Å². The normalized spacial score (nSPS) is 25.5. The molecule has 8 heteroatoms. The zero-order chi connectivity index (χ0) is 25.6. The Labute approximate surface area is 214 Å². The molecule has 7 rings (SSSR count). The number of benzene rings is 2. The number of aromatic nitrogens is 2. The molecule has 2 aromatic carbocycles. The van der Waals surface area contributed by atoms with E-state index in [1.807, 2.05) is 6.07 Å². The van der Waals surface area contributed by atoms with E-state index in [2.05, 4.69) is 21.4 Å². The van der Waals surface area contributed by atoms with Crippen LogP contribution in [0.4, 0.5) is 5.69 Å². The lowest BCUT2D eigenvalue weighted by Gasteiger charge is -2.56. The number of hydrogen-bond donors (Lipinski definition) is 3. The first-order valence-electron chi connectivity index (χ1n) is 12.8. The summed E-state index contributed by atoms with van der Waals surface area (Å²) >= 11 is 0. The number of ether oxygens (including phenoxy) is 1. The van der Waals surface area contributed by atoms with Crippen LogP contribution in [-0.4, -0.2) is 32.6 Å². The number of hydrogen-bond acceptors (Lipinski definition) is 5. The van der Waals surface area contributed by atoms with E-state index < -0.39 is 11.9 Å². The molecule has 4 aliphatic carbocycles. The van der Waals surface area contributed by atoms with Crippen molar-refractivity contribution in [3.8, 4) is 17.5 Å². The first kappa shape index (κ1) is 23.4. The highest BCUT2D eigenvalue weighted by molar-refractivity contribution is 6.04. The number of anilines is 1. The summed E-state index contributed by atoms with van der Waals surface area (Å²) in [5.41, 5.74) is 2.07. The zero-order valence-electron chi connectivity index (χ0n) is 20.4. The Morgan fingerprint density at radius 2 is 1.78 bits per heavy atom. The molecule has 4 bridgehead atoms. The first-order valence-corrected chi connectivity index (χ1v) is 12.8. The molecule has 0 spiro atoms. The molecule has 37 heavy (non-hydrogen) atoms. The summed E-state index contributed by atoms with van der Waals surface area (Å²) in [6.45, 7) is 0.214. The summed E-state index contributed by atoms with van der Waals surface area (Å²) in [4.78, 5) is 32.6. The molecule has 3 aromatic rings. The smallest absolute Gasteiger partial charge is 0.335 e. The number of carbonyl (C=O) groups excluding carboxylic acids is 1. The third-order valence-electron chi connectivity index (χ3n) is 8.17. The minimum absolute atomic E-state index is 0.0776. The van der Waals surface area contributed by atoms with E-state index >= 15 is 0 Å². The minimum atomic E-state index is -1.07. The van der Waals surface area contributed by atoms with Gasteiger partial charge in [0.05, 0.1) is 35.1 Å². The van der Waals surface area contributed by atoms with Gasteiger partial charge in [0, 0.05) is 11.3 Å². The number of carboxylic acid groups (broad SMARTS) is 1. The second kappa shape index (κ2) is 9.16. The van der Waals surface area contributed by atoms with Gasteiger partial charge >= 0.3 is 5.97 Å². The number of aromatic carboxylic acids is 1.